The quantitative estimate of drug-likeness (QED) is 0.568. The molecular weight excluding hydrogens is 220 g/mol. The topological polar surface area (TPSA) is 78.4 Å². The Hall–Kier alpha value is -1.10. The standard InChI is InChI=1S/C12H24N2O3/c1-4-6-7-10(12(16)17)14-9(3)11(15)13-8-5-2/h9-10,14H,4-8H2,1-3H3,(H,13,15)(H,16,17). The molecule has 0 spiro atoms. The number of carboxylic acid groups (broad SMARTS) is 1. The van der Waals surface area contributed by atoms with E-state index in [1.807, 2.05) is 13.8 Å². The fourth-order valence-corrected chi connectivity index (χ4v) is 1.47. The summed E-state index contributed by atoms with van der Waals surface area (Å²) in [4.78, 5) is 22.6. The second-order valence-corrected chi connectivity index (χ2v) is 4.21. The lowest BCUT2D eigenvalue weighted by Gasteiger charge is -2.19. The van der Waals surface area contributed by atoms with Crippen molar-refractivity contribution in [2.45, 2.75) is 58.5 Å². The number of nitrogens with one attached hydrogen (secondary N) is 2. The molecule has 3 N–H and O–H groups in total. The van der Waals surface area contributed by atoms with Gasteiger partial charge >= 0.3 is 5.97 Å². The smallest absolute Gasteiger partial charge is 0.320 e. The average molecular weight is 244 g/mol. The van der Waals surface area contributed by atoms with Crippen LogP contribution in [0.4, 0.5) is 0 Å². The Balaban J connectivity index is 4.14. The first-order valence-corrected chi connectivity index (χ1v) is 6.29. The molecule has 2 atom stereocenters. The molecule has 5 nitrogen and oxygen atoms in total. The zero-order valence-corrected chi connectivity index (χ0v) is 11.0. The first-order chi connectivity index (χ1) is 8.02. The van der Waals surface area contributed by atoms with Gasteiger partial charge in [-0.1, -0.05) is 26.7 Å². The number of carbonyl (C=O) groups excluding carboxylic acids is 1. The number of hydrogen-bond donors (Lipinski definition) is 3. The molecule has 100 valence electrons. The monoisotopic (exact) mass is 244 g/mol. The molecule has 0 radical (unpaired) electrons. The maximum Gasteiger partial charge on any atom is 0.320 e. The van der Waals surface area contributed by atoms with Crippen LogP contribution < -0.4 is 10.6 Å². The molecule has 0 aromatic rings. The van der Waals surface area contributed by atoms with Crippen LogP contribution in [0, 0.1) is 0 Å². The van der Waals surface area contributed by atoms with Gasteiger partial charge in [-0.3, -0.25) is 14.9 Å². The zero-order chi connectivity index (χ0) is 13.3. The van der Waals surface area contributed by atoms with Crippen molar-refractivity contribution < 1.29 is 14.7 Å². The summed E-state index contributed by atoms with van der Waals surface area (Å²) >= 11 is 0. The molecule has 1 amide bonds. The van der Waals surface area contributed by atoms with Gasteiger partial charge in [-0.25, -0.2) is 0 Å². The third kappa shape index (κ3) is 6.94. The van der Waals surface area contributed by atoms with Crippen molar-refractivity contribution in [1.82, 2.24) is 10.6 Å². The molecule has 0 heterocycles. The zero-order valence-electron chi connectivity index (χ0n) is 11.0. The number of unbranched alkanes of at least 4 members (excludes halogenated alkanes) is 1. The molecule has 0 aliphatic heterocycles. The number of carbonyl (C=O) groups is 2. The molecule has 0 saturated heterocycles. The van der Waals surface area contributed by atoms with Crippen LogP contribution in [0.15, 0.2) is 0 Å². The summed E-state index contributed by atoms with van der Waals surface area (Å²) < 4.78 is 0. The van der Waals surface area contributed by atoms with Crippen LogP contribution in [-0.4, -0.2) is 35.6 Å². The summed E-state index contributed by atoms with van der Waals surface area (Å²) in [5, 5.41) is 14.6. The highest BCUT2D eigenvalue weighted by Gasteiger charge is 2.22. The minimum Gasteiger partial charge on any atom is -0.480 e. The van der Waals surface area contributed by atoms with Crippen LogP contribution >= 0.6 is 0 Å². The second kappa shape index (κ2) is 8.98. The van der Waals surface area contributed by atoms with Gasteiger partial charge in [0.05, 0.1) is 6.04 Å². The Labute approximate surface area is 103 Å². The van der Waals surface area contributed by atoms with Gasteiger partial charge in [0.2, 0.25) is 5.91 Å². The summed E-state index contributed by atoms with van der Waals surface area (Å²) in [7, 11) is 0. The largest absolute Gasteiger partial charge is 0.480 e. The average Bonchev–Trinajstić information content (AvgIpc) is 2.30. The van der Waals surface area contributed by atoms with Crippen LogP contribution in [0.3, 0.4) is 0 Å². The minimum atomic E-state index is -0.895. The molecule has 0 bridgehead atoms. The summed E-state index contributed by atoms with van der Waals surface area (Å²) in [6, 6.07) is -1.11. The first kappa shape index (κ1) is 15.9. The van der Waals surface area contributed by atoms with E-state index in [0.29, 0.717) is 13.0 Å². The number of hydrogen-bond acceptors (Lipinski definition) is 3. The van der Waals surface area contributed by atoms with Crippen LogP contribution in [-0.2, 0) is 9.59 Å². The van der Waals surface area contributed by atoms with E-state index >= 15 is 0 Å². The maximum atomic E-state index is 11.6. The highest BCUT2D eigenvalue weighted by molar-refractivity contribution is 5.82. The summed E-state index contributed by atoms with van der Waals surface area (Å²) in [5.41, 5.74) is 0. The Morgan fingerprint density at radius 1 is 1.24 bits per heavy atom. The molecular formula is C12H24N2O3. The molecule has 5 heteroatoms. The van der Waals surface area contributed by atoms with Crippen molar-refractivity contribution in [3.8, 4) is 0 Å². The normalized spacial score (nSPS) is 14.1. The second-order valence-electron chi connectivity index (χ2n) is 4.21. The number of amides is 1. The van der Waals surface area contributed by atoms with E-state index in [0.717, 1.165) is 19.3 Å². The van der Waals surface area contributed by atoms with Crippen molar-refractivity contribution in [3.63, 3.8) is 0 Å². The highest BCUT2D eigenvalue weighted by Crippen LogP contribution is 2.02. The van der Waals surface area contributed by atoms with Gasteiger partial charge in [-0.05, 0) is 19.8 Å². The predicted octanol–water partition coefficient (Wildman–Crippen LogP) is 1.13. The SMILES string of the molecule is CCCCC(NC(C)C(=O)NCCC)C(=O)O. The molecule has 0 saturated carbocycles. The van der Waals surface area contributed by atoms with Gasteiger partial charge in [0, 0.05) is 6.54 Å². The Bertz CT molecular complexity index is 244. The number of aliphatic carboxylic acids is 1. The van der Waals surface area contributed by atoms with Gasteiger partial charge in [-0.2, -0.15) is 0 Å². The fourth-order valence-electron chi connectivity index (χ4n) is 1.47. The van der Waals surface area contributed by atoms with E-state index in [1.165, 1.54) is 0 Å². The molecule has 0 aromatic carbocycles. The lowest BCUT2D eigenvalue weighted by atomic mass is 10.1. The molecule has 0 aliphatic carbocycles. The molecule has 17 heavy (non-hydrogen) atoms. The van der Waals surface area contributed by atoms with E-state index in [4.69, 9.17) is 5.11 Å². The molecule has 0 aliphatic rings. The van der Waals surface area contributed by atoms with Crippen LogP contribution in [0.1, 0.15) is 46.5 Å². The van der Waals surface area contributed by atoms with Crippen molar-refractivity contribution in [2.24, 2.45) is 0 Å². The summed E-state index contributed by atoms with van der Waals surface area (Å²) in [6.07, 6.45) is 3.21. The maximum absolute atomic E-state index is 11.6. The lowest BCUT2D eigenvalue weighted by Crippen LogP contribution is -2.49. The van der Waals surface area contributed by atoms with Gasteiger partial charge in [0.25, 0.3) is 0 Å². The molecule has 0 aromatic heterocycles. The van der Waals surface area contributed by atoms with Crippen LogP contribution in [0.2, 0.25) is 0 Å². The lowest BCUT2D eigenvalue weighted by molar-refractivity contribution is -0.140. The molecule has 0 fully saturated rings. The van der Waals surface area contributed by atoms with Crippen LogP contribution in [0.25, 0.3) is 0 Å². The first-order valence-electron chi connectivity index (χ1n) is 6.29. The van der Waals surface area contributed by atoms with Crippen molar-refractivity contribution in [2.75, 3.05) is 6.54 Å². The third-order valence-electron chi connectivity index (χ3n) is 2.54. The van der Waals surface area contributed by atoms with Gasteiger partial charge in [0.15, 0.2) is 0 Å². The molecule has 2 unspecified atom stereocenters. The fraction of sp³-hybridized carbons (Fsp3) is 0.833. The van der Waals surface area contributed by atoms with E-state index < -0.39 is 18.1 Å². The van der Waals surface area contributed by atoms with Gasteiger partial charge in [0.1, 0.15) is 6.04 Å². The van der Waals surface area contributed by atoms with Crippen LogP contribution in [0.5, 0.6) is 0 Å². The van der Waals surface area contributed by atoms with Gasteiger partial charge < -0.3 is 10.4 Å². The third-order valence-corrected chi connectivity index (χ3v) is 2.54. The van der Waals surface area contributed by atoms with E-state index in [-0.39, 0.29) is 5.91 Å². The Morgan fingerprint density at radius 2 is 1.88 bits per heavy atom. The highest BCUT2D eigenvalue weighted by atomic mass is 16.4. The van der Waals surface area contributed by atoms with E-state index in [2.05, 4.69) is 10.6 Å². The Morgan fingerprint density at radius 3 is 2.35 bits per heavy atom. The van der Waals surface area contributed by atoms with E-state index in [1.54, 1.807) is 6.92 Å². The van der Waals surface area contributed by atoms with E-state index in [9.17, 15) is 9.59 Å². The summed E-state index contributed by atoms with van der Waals surface area (Å²) in [5.74, 6) is -1.04. The van der Waals surface area contributed by atoms with Crippen molar-refractivity contribution in [1.29, 1.82) is 0 Å². The van der Waals surface area contributed by atoms with Crippen molar-refractivity contribution in [3.05, 3.63) is 0 Å². The number of carboxylic acids is 1. The summed E-state index contributed by atoms with van der Waals surface area (Å²) in [6.45, 7) is 6.29. The predicted molar refractivity (Wildman–Crippen MR) is 66.8 cm³/mol. The Kier molecular flexibility index (Phi) is 8.40. The molecule has 0 rings (SSSR count). The van der Waals surface area contributed by atoms with Crippen molar-refractivity contribution >= 4 is 11.9 Å². The minimum absolute atomic E-state index is 0.144. The number of rotatable bonds is 9. The van der Waals surface area contributed by atoms with Gasteiger partial charge in [-0.15, -0.1) is 0 Å².